The summed E-state index contributed by atoms with van der Waals surface area (Å²) in [5.74, 6) is -1.09. The van der Waals surface area contributed by atoms with Crippen LogP contribution < -0.4 is 0 Å². The summed E-state index contributed by atoms with van der Waals surface area (Å²) < 4.78 is 1.75. The number of thiophene rings is 1. The quantitative estimate of drug-likeness (QED) is 0.872. The molecule has 2 rings (SSSR count). The summed E-state index contributed by atoms with van der Waals surface area (Å²) in [7, 11) is 1.70. The highest BCUT2D eigenvalue weighted by Crippen LogP contribution is 2.19. The Labute approximate surface area is 120 Å². The van der Waals surface area contributed by atoms with E-state index < -0.39 is 5.97 Å². The van der Waals surface area contributed by atoms with Crippen molar-refractivity contribution in [3.05, 3.63) is 40.3 Å². The molecule has 0 atom stereocenters. The first-order chi connectivity index (χ1) is 9.58. The van der Waals surface area contributed by atoms with Gasteiger partial charge in [0, 0.05) is 30.9 Å². The molecule has 0 spiro atoms. The zero-order valence-corrected chi connectivity index (χ0v) is 11.8. The molecule has 0 unspecified atom stereocenters. The Morgan fingerprint density at radius 1 is 1.50 bits per heavy atom. The minimum Gasteiger partial charge on any atom is -0.481 e. The van der Waals surface area contributed by atoms with Crippen LogP contribution in [0.15, 0.2) is 29.9 Å². The molecule has 0 aromatic carbocycles. The summed E-state index contributed by atoms with van der Waals surface area (Å²) in [5, 5.41) is 14.6. The van der Waals surface area contributed by atoms with Crippen molar-refractivity contribution in [1.82, 2.24) is 14.7 Å². The number of amides is 1. The largest absolute Gasteiger partial charge is 0.481 e. The smallest absolute Gasteiger partial charge is 0.308 e. The van der Waals surface area contributed by atoms with E-state index in [1.807, 2.05) is 12.3 Å². The van der Waals surface area contributed by atoms with Crippen LogP contribution in [0.1, 0.15) is 15.2 Å². The minimum absolute atomic E-state index is 0.119. The fourth-order valence-electron chi connectivity index (χ4n) is 1.80. The first kappa shape index (κ1) is 14.3. The van der Waals surface area contributed by atoms with E-state index in [2.05, 4.69) is 5.10 Å². The van der Waals surface area contributed by atoms with Crippen LogP contribution in [0.2, 0.25) is 0 Å². The number of likely N-dealkylation sites (N-methyl/N-ethyl adjacent to an activating group) is 1. The van der Waals surface area contributed by atoms with Crippen LogP contribution in [0.5, 0.6) is 0 Å². The fraction of sp³-hybridized carbons (Fsp3) is 0.308. The maximum absolute atomic E-state index is 12.3. The van der Waals surface area contributed by atoms with E-state index in [0.717, 1.165) is 0 Å². The molecule has 106 valence electrons. The molecule has 0 aliphatic heterocycles. The van der Waals surface area contributed by atoms with Crippen LogP contribution in [0.25, 0.3) is 0 Å². The molecule has 0 saturated carbocycles. The third-order valence-electron chi connectivity index (χ3n) is 2.86. The van der Waals surface area contributed by atoms with Crippen molar-refractivity contribution in [2.45, 2.75) is 13.0 Å². The van der Waals surface area contributed by atoms with Gasteiger partial charge in [-0.2, -0.15) is 5.10 Å². The second-order valence-electron chi connectivity index (χ2n) is 4.32. The molecule has 1 amide bonds. The number of carbonyl (C=O) groups is 2. The van der Waals surface area contributed by atoms with Crippen molar-refractivity contribution in [2.24, 2.45) is 0 Å². The summed E-state index contributed by atoms with van der Waals surface area (Å²) in [5.41, 5.74) is 0.473. The van der Waals surface area contributed by atoms with Gasteiger partial charge in [-0.15, -0.1) is 11.3 Å². The molecular formula is C13H15N3O3S. The molecule has 0 fully saturated rings. The topological polar surface area (TPSA) is 75.4 Å². The standard InChI is InChI=1S/C13H15N3O3S/c1-15(6-7-16-5-2-4-14-16)13(19)10-3-8-20-11(10)9-12(17)18/h2-5,8H,6-7,9H2,1H3,(H,17,18). The van der Waals surface area contributed by atoms with Gasteiger partial charge in [-0.05, 0) is 17.5 Å². The number of carbonyl (C=O) groups excluding carboxylic acids is 1. The van der Waals surface area contributed by atoms with E-state index in [-0.39, 0.29) is 12.3 Å². The predicted molar refractivity (Wildman–Crippen MR) is 74.8 cm³/mol. The van der Waals surface area contributed by atoms with E-state index in [1.54, 1.807) is 34.3 Å². The van der Waals surface area contributed by atoms with Crippen LogP contribution in [0, 0.1) is 0 Å². The summed E-state index contributed by atoms with van der Waals surface area (Å²) >= 11 is 1.29. The number of hydrogen-bond donors (Lipinski definition) is 1. The lowest BCUT2D eigenvalue weighted by Gasteiger charge is -2.17. The second-order valence-corrected chi connectivity index (χ2v) is 5.32. The van der Waals surface area contributed by atoms with E-state index in [4.69, 9.17) is 5.11 Å². The minimum atomic E-state index is -0.930. The van der Waals surface area contributed by atoms with Gasteiger partial charge in [-0.1, -0.05) is 0 Å². The molecule has 7 heteroatoms. The lowest BCUT2D eigenvalue weighted by atomic mass is 10.2. The molecule has 0 radical (unpaired) electrons. The average Bonchev–Trinajstić information content (AvgIpc) is 3.05. The third kappa shape index (κ3) is 3.45. The van der Waals surface area contributed by atoms with Gasteiger partial charge >= 0.3 is 5.97 Å². The first-order valence-corrected chi connectivity index (χ1v) is 6.97. The summed E-state index contributed by atoms with van der Waals surface area (Å²) in [6, 6.07) is 3.50. The molecule has 1 N–H and O–H groups in total. The number of aromatic nitrogens is 2. The maximum Gasteiger partial charge on any atom is 0.308 e. The Kier molecular flexibility index (Phi) is 4.52. The summed E-state index contributed by atoms with van der Waals surface area (Å²) in [4.78, 5) is 25.2. The van der Waals surface area contributed by atoms with Crippen molar-refractivity contribution >= 4 is 23.2 Å². The molecule has 0 aliphatic carbocycles. The zero-order chi connectivity index (χ0) is 14.5. The SMILES string of the molecule is CN(CCn1cccn1)C(=O)c1ccsc1CC(=O)O. The van der Waals surface area contributed by atoms with Crippen LogP contribution in [-0.2, 0) is 17.8 Å². The molecule has 6 nitrogen and oxygen atoms in total. The number of nitrogens with zero attached hydrogens (tertiary/aromatic N) is 3. The maximum atomic E-state index is 12.3. The Morgan fingerprint density at radius 2 is 2.30 bits per heavy atom. The van der Waals surface area contributed by atoms with Crippen molar-refractivity contribution in [1.29, 1.82) is 0 Å². The molecule has 0 saturated heterocycles. The predicted octanol–water partition coefficient (Wildman–Crippen LogP) is 1.34. The Bertz CT molecular complexity index is 592. The fourth-order valence-corrected chi connectivity index (χ4v) is 2.66. The lowest BCUT2D eigenvalue weighted by molar-refractivity contribution is -0.136. The normalized spacial score (nSPS) is 10.4. The van der Waals surface area contributed by atoms with Crippen molar-refractivity contribution < 1.29 is 14.7 Å². The van der Waals surface area contributed by atoms with Gasteiger partial charge < -0.3 is 10.0 Å². The Hall–Kier alpha value is -2.15. The number of hydrogen-bond acceptors (Lipinski definition) is 4. The monoisotopic (exact) mass is 293 g/mol. The number of aliphatic carboxylic acids is 1. The van der Waals surface area contributed by atoms with Crippen LogP contribution in [-0.4, -0.2) is 45.3 Å². The van der Waals surface area contributed by atoms with Crippen molar-refractivity contribution in [2.75, 3.05) is 13.6 Å². The highest BCUT2D eigenvalue weighted by Gasteiger charge is 2.18. The van der Waals surface area contributed by atoms with E-state index in [1.165, 1.54) is 11.3 Å². The Balaban J connectivity index is 1.99. The molecule has 2 aromatic heterocycles. The highest BCUT2D eigenvalue weighted by atomic mass is 32.1. The van der Waals surface area contributed by atoms with Crippen LogP contribution in [0.3, 0.4) is 0 Å². The van der Waals surface area contributed by atoms with Gasteiger partial charge in [0.15, 0.2) is 0 Å². The molecule has 0 bridgehead atoms. The van der Waals surface area contributed by atoms with Gasteiger partial charge in [0.05, 0.1) is 18.5 Å². The third-order valence-corrected chi connectivity index (χ3v) is 3.78. The van der Waals surface area contributed by atoms with Gasteiger partial charge in [-0.25, -0.2) is 0 Å². The first-order valence-electron chi connectivity index (χ1n) is 6.09. The molecule has 2 aromatic rings. The van der Waals surface area contributed by atoms with Crippen molar-refractivity contribution in [3.63, 3.8) is 0 Å². The summed E-state index contributed by atoms with van der Waals surface area (Å²) in [6.07, 6.45) is 3.40. The van der Waals surface area contributed by atoms with Gasteiger partial charge in [0.1, 0.15) is 0 Å². The molecule has 20 heavy (non-hydrogen) atoms. The van der Waals surface area contributed by atoms with Gasteiger partial charge in [0.2, 0.25) is 0 Å². The van der Waals surface area contributed by atoms with E-state index in [0.29, 0.717) is 23.5 Å². The number of carboxylic acids is 1. The lowest BCUT2D eigenvalue weighted by Crippen LogP contribution is -2.30. The van der Waals surface area contributed by atoms with E-state index in [9.17, 15) is 9.59 Å². The molecule has 2 heterocycles. The average molecular weight is 293 g/mol. The Morgan fingerprint density at radius 3 is 2.95 bits per heavy atom. The number of rotatable bonds is 6. The van der Waals surface area contributed by atoms with Crippen LogP contribution in [0.4, 0.5) is 0 Å². The summed E-state index contributed by atoms with van der Waals surface area (Å²) in [6.45, 7) is 1.12. The molecular weight excluding hydrogens is 278 g/mol. The van der Waals surface area contributed by atoms with E-state index >= 15 is 0 Å². The highest BCUT2D eigenvalue weighted by molar-refractivity contribution is 7.10. The molecule has 0 aliphatic rings. The van der Waals surface area contributed by atoms with Crippen LogP contribution >= 0.6 is 11.3 Å². The zero-order valence-electron chi connectivity index (χ0n) is 11.0. The number of carboxylic acid groups (broad SMARTS) is 1. The van der Waals surface area contributed by atoms with Gasteiger partial charge in [0.25, 0.3) is 5.91 Å². The van der Waals surface area contributed by atoms with Gasteiger partial charge in [-0.3, -0.25) is 14.3 Å². The van der Waals surface area contributed by atoms with Crippen molar-refractivity contribution in [3.8, 4) is 0 Å². The second kappa shape index (κ2) is 6.33.